The van der Waals surface area contributed by atoms with Gasteiger partial charge in [0.15, 0.2) is 5.76 Å². The molecule has 0 radical (unpaired) electrons. The molecule has 0 aliphatic carbocycles. The molecule has 122 valence electrons. The lowest BCUT2D eigenvalue weighted by atomic mass is 10.1. The number of hydrogen-bond acceptors (Lipinski definition) is 4. The summed E-state index contributed by atoms with van der Waals surface area (Å²) in [4.78, 5) is 24.6. The van der Waals surface area contributed by atoms with Gasteiger partial charge in [-0.25, -0.2) is 0 Å². The van der Waals surface area contributed by atoms with Crippen molar-refractivity contribution in [1.82, 2.24) is 5.32 Å². The Balaban J connectivity index is 2.04. The van der Waals surface area contributed by atoms with Crippen molar-refractivity contribution in [1.29, 1.82) is 0 Å². The van der Waals surface area contributed by atoms with E-state index in [9.17, 15) is 9.59 Å². The Morgan fingerprint density at radius 3 is 2.74 bits per heavy atom. The third-order valence-electron chi connectivity index (χ3n) is 3.26. The number of thioether (sulfide) groups is 1. The van der Waals surface area contributed by atoms with E-state index in [0.29, 0.717) is 6.42 Å². The molecule has 2 aromatic rings. The van der Waals surface area contributed by atoms with E-state index in [1.807, 2.05) is 37.4 Å². The number of carbonyl (C=O) groups is 2. The molecular weight excluding hydrogens is 312 g/mol. The van der Waals surface area contributed by atoms with E-state index in [2.05, 4.69) is 10.6 Å². The van der Waals surface area contributed by atoms with Crippen LogP contribution in [-0.4, -0.2) is 29.9 Å². The molecule has 2 N–H and O–H groups in total. The Labute approximate surface area is 139 Å². The fourth-order valence-corrected chi connectivity index (χ4v) is 2.57. The van der Waals surface area contributed by atoms with Gasteiger partial charge in [-0.2, -0.15) is 11.8 Å². The van der Waals surface area contributed by atoms with E-state index >= 15 is 0 Å². The van der Waals surface area contributed by atoms with Crippen molar-refractivity contribution in [2.45, 2.75) is 19.4 Å². The van der Waals surface area contributed by atoms with Gasteiger partial charge in [0.05, 0.1) is 6.26 Å². The van der Waals surface area contributed by atoms with Crippen LogP contribution in [0.1, 0.15) is 22.5 Å². The third kappa shape index (κ3) is 5.17. The van der Waals surface area contributed by atoms with Crippen molar-refractivity contribution in [3.63, 3.8) is 0 Å². The van der Waals surface area contributed by atoms with Gasteiger partial charge in [0.1, 0.15) is 6.04 Å². The van der Waals surface area contributed by atoms with Crippen molar-refractivity contribution in [3.8, 4) is 0 Å². The summed E-state index contributed by atoms with van der Waals surface area (Å²) in [6.07, 6.45) is 3.94. The summed E-state index contributed by atoms with van der Waals surface area (Å²) in [7, 11) is 0. The average molecular weight is 332 g/mol. The number of carbonyl (C=O) groups excluding carboxylic acids is 2. The summed E-state index contributed by atoms with van der Waals surface area (Å²) in [5.74, 6) is 0.345. The van der Waals surface area contributed by atoms with Crippen LogP contribution in [0.2, 0.25) is 0 Å². The van der Waals surface area contributed by atoms with Crippen molar-refractivity contribution >= 4 is 29.3 Å². The highest BCUT2D eigenvalue weighted by molar-refractivity contribution is 7.98. The molecule has 2 rings (SSSR count). The number of anilines is 1. The van der Waals surface area contributed by atoms with Gasteiger partial charge in [-0.15, -0.1) is 0 Å². The van der Waals surface area contributed by atoms with Crippen molar-refractivity contribution in [2.75, 3.05) is 17.3 Å². The van der Waals surface area contributed by atoms with E-state index < -0.39 is 6.04 Å². The van der Waals surface area contributed by atoms with E-state index in [0.717, 1.165) is 17.0 Å². The van der Waals surface area contributed by atoms with Crippen LogP contribution in [0.5, 0.6) is 0 Å². The quantitative estimate of drug-likeness (QED) is 0.817. The van der Waals surface area contributed by atoms with Crippen LogP contribution in [0.15, 0.2) is 47.1 Å². The first-order valence-electron chi connectivity index (χ1n) is 7.31. The zero-order chi connectivity index (χ0) is 16.7. The molecule has 0 aliphatic rings. The minimum Gasteiger partial charge on any atom is -0.459 e. The maximum atomic E-state index is 12.5. The molecular formula is C17H20N2O3S. The van der Waals surface area contributed by atoms with Crippen LogP contribution < -0.4 is 10.6 Å². The second-order valence-electron chi connectivity index (χ2n) is 5.14. The van der Waals surface area contributed by atoms with E-state index in [-0.39, 0.29) is 17.6 Å². The first-order valence-corrected chi connectivity index (χ1v) is 8.70. The Kier molecular flexibility index (Phi) is 6.29. The normalized spacial score (nSPS) is 11.7. The Bertz CT molecular complexity index is 656. The van der Waals surface area contributed by atoms with Crippen molar-refractivity contribution in [3.05, 3.63) is 54.0 Å². The van der Waals surface area contributed by atoms with Gasteiger partial charge in [0.25, 0.3) is 5.91 Å². The van der Waals surface area contributed by atoms with Gasteiger partial charge < -0.3 is 15.1 Å². The number of benzene rings is 1. The zero-order valence-corrected chi connectivity index (χ0v) is 14.0. The molecule has 1 aromatic carbocycles. The van der Waals surface area contributed by atoms with Gasteiger partial charge >= 0.3 is 0 Å². The highest BCUT2D eigenvalue weighted by Gasteiger charge is 2.22. The van der Waals surface area contributed by atoms with Crippen LogP contribution in [0.3, 0.4) is 0 Å². The number of aryl methyl sites for hydroxylation is 1. The highest BCUT2D eigenvalue weighted by atomic mass is 32.2. The second-order valence-corrected chi connectivity index (χ2v) is 6.13. The topological polar surface area (TPSA) is 71.3 Å². The molecule has 0 spiro atoms. The van der Waals surface area contributed by atoms with Gasteiger partial charge in [0.2, 0.25) is 5.91 Å². The van der Waals surface area contributed by atoms with Gasteiger partial charge in [-0.3, -0.25) is 9.59 Å². The van der Waals surface area contributed by atoms with Crippen LogP contribution >= 0.6 is 11.8 Å². The SMILES string of the molecule is CSCCC(NC(=O)c1ccco1)C(=O)Nc1cccc(C)c1. The standard InChI is InChI=1S/C17H20N2O3S/c1-12-5-3-6-13(11-12)18-16(20)14(8-10-23-2)19-17(21)15-7-4-9-22-15/h3-7,9,11,14H,8,10H2,1-2H3,(H,18,20)(H,19,21). The van der Waals surface area contributed by atoms with E-state index in [1.54, 1.807) is 23.9 Å². The number of rotatable bonds is 7. The van der Waals surface area contributed by atoms with Crippen LogP contribution in [0, 0.1) is 6.92 Å². The van der Waals surface area contributed by atoms with Gasteiger partial charge in [-0.05, 0) is 55.2 Å². The molecule has 1 atom stereocenters. The summed E-state index contributed by atoms with van der Waals surface area (Å²) in [5.41, 5.74) is 1.78. The molecule has 1 unspecified atom stereocenters. The van der Waals surface area contributed by atoms with E-state index in [1.165, 1.54) is 6.26 Å². The third-order valence-corrected chi connectivity index (χ3v) is 3.91. The summed E-state index contributed by atoms with van der Waals surface area (Å²) in [6.45, 7) is 1.96. The Morgan fingerprint density at radius 1 is 1.26 bits per heavy atom. The smallest absolute Gasteiger partial charge is 0.287 e. The van der Waals surface area contributed by atoms with Crippen LogP contribution in [0.25, 0.3) is 0 Å². The van der Waals surface area contributed by atoms with Crippen LogP contribution in [-0.2, 0) is 4.79 Å². The van der Waals surface area contributed by atoms with Crippen LogP contribution in [0.4, 0.5) is 5.69 Å². The summed E-state index contributed by atoms with van der Waals surface area (Å²) in [5, 5.41) is 5.58. The minimum atomic E-state index is -0.611. The largest absolute Gasteiger partial charge is 0.459 e. The number of amides is 2. The lowest BCUT2D eigenvalue weighted by Crippen LogP contribution is -2.44. The first kappa shape index (κ1) is 17.1. The lowest BCUT2D eigenvalue weighted by Gasteiger charge is -2.17. The Hall–Kier alpha value is -2.21. The second kappa shape index (κ2) is 8.43. The molecule has 1 heterocycles. The molecule has 0 saturated heterocycles. The molecule has 0 saturated carbocycles. The molecule has 1 aromatic heterocycles. The van der Waals surface area contributed by atoms with Crippen molar-refractivity contribution in [2.24, 2.45) is 0 Å². The number of furan rings is 1. The number of hydrogen-bond donors (Lipinski definition) is 2. The lowest BCUT2D eigenvalue weighted by molar-refractivity contribution is -0.118. The maximum Gasteiger partial charge on any atom is 0.287 e. The fourth-order valence-electron chi connectivity index (χ4n) is 2.09. The van der Waals surface area contributed by atoms with Crippen molar-refractivity contribution < 1.29 is 14.0 Å². The summed E-state index contributed by atoms with van der Waals surface area (Å²) >= 11 is 1.63. The molecule has 2 amide bonds. The van der Waals surface area contributed by atoms with E-state index in [4.69, 9.17) is 4.42 Å². The highest BCUT2D eigenvalue weighted by Crippen LogP contribution is 2.12. The summed E-state index contributed by atoms with van der Waals surface area (Å²) in [6, 6.07) is 10.1. The molecule has 6 heteroatoms. The predicted molar refractivity (Wildman–Crippen MR) is 92.8 cm³/mol. The predicted octanol–water partition coefficient (Wildman–Crippen LogP) is 3.08. The first-order chi connectivity index (χ1) is 11.1. The number of nitrogens with one attached hydrogen (secondary N) is 2. The maximum absolute atomic E-state index is 12.5. The average Bonchev–Trinajstić information content (AvgIpc) is 3.05. The molecule has 0 fully saturated rings. The monoisotopic (exact) mass is 332 g/mol. The molecule has 23 heavy (non-hydrogen) atoms. The minimum absolute atomic E-state index is 0.197. The molecule has 0 bridgehead atoms. The fraction of sp³-hybridized carbons (Fsp3) is 0.294. The van der Waals surface area contributed by atoms with Gasteiger partial charge in [0, 0.05) is 5.69 Å². The molecule has 0 aliphatic heterocycles. The Morgan fingerprint density at radius 2 is 2.09 bits per heavy atom. The zero-order valence-electron chi connectivity index (χ0n) is 13.2. The molecule has 5 nitrogen and oxygen atoms in total. The van der Waals surface area contributed by atoms with Gasteiger partial charge in [-0.1, -0.05) is 12.1 Å². The summed E-state index contributed by atoms with van der Waals surface area (Å²) < 4.78 is 5.07.